The Morgan fingerprint density at radius 2 is 2.06 bits per heavy atom. The van der Waals surface area contributed by atoms with Crippen LogP contribution in [0.1, 0.15) is 49.1 Å². The Kier molecular flexibility index (Phi) is 3.62. The van der Waals surface area contributed by atoms with Crippen LogP contribution in [0.25, 0.3) is 0 Å². The Morgan fingerprint density at radius 1 is 1.41 bits per heavy atom. The molecule has 1 aromatic rings. The van der Waals surface area contributed by atoms with E-state index in [0.717, 1.165) is 18.4 Å². The molecule has 1 aliphatic rings. The van der Waals surface area contributed by atoms with Gasteiger partial charge in [0.2, 0.25) is 5.15 Å². The highest BCUT2D eigenvalue weighted by atomic mass is 35.5. The normalized spacial score (nSPS) is 17.1. The van der Waals surface area contributed by atoms with E-state index in [1.807, 2.05) is 0 Å². The summed E-state index contributed by atoms with van der Waals surface area (Å²) in [6.45, 7) is 1.77. The fourth-order valence-corrected chi connectivity index (χ4v) is 2.87. The summed E-state index contributed by atoms with van der Waals surface area (Å²) in [6.07, 6.45) is 7.56. The molecule has 2 rings (SSSR count). The Balaban J connectivity index is 2.41. The Hall–Kier alpha value is -1.16. The van der Waals surface area contributed by atoms with Gasteiger partial charge in [-0.05, 0) is 31.2 Å². The lowest BCUT2D eigenvalue weighted by Gasteiger charge is -2.23. The van der Waals surface area contributed by atoms with Crippen molar-refractivity contribution in [3.05, 3.63) is 32.6 Å². The molecule has 0 bridgehead atoms. The predicted molar refractivity (Wildman–Crippen MR) is 66.5 cm³/mol. The zero-order valence-electron chi connectivity index (χ0n) is 9.78. The maximum absolute atomic E-state index is 11.0. The Morgan fingerprint density at radius 3 is 2.65 bits per heavy atom. The van der Waals surface area contributed by atoms with Crippen LogP contribution in [-0.2, 0) is 0 Å². The van der Waals surface area contributed by atoms with E-state index in [2.05, 4.69) is 4.98 Å². The van der Waals surface area contributed by atoms with Crippen molar-refractivity contribution in [2.45, 2.75) is 44.9 Å². The molecule has 0 spiro atoms. The summed E-state index contributed by atoms with van der Waals surface area (Å²) in [5.74, 6) is 0.409. The lowest BCUT2D eigenvalue weighted by Crippen LogP contribution is -2.08. The molecule has 4 nitrogen and oxygen atoms in total. The minimum atomic E-state index is -0.434. The highest BCUT2D eigenvalue weighted by Gasteiger charge is 2.25. The molecule has 1 heterocycles. The number of halogens is 1. The van der Waals surface area contributed by atoms with Crippen molar-refractivity contribution in [2.24, 2.45) is 0 Å². The van der Waals surface area contributed by atoms with E-state index in [-0.39, 0.29) is 10.8 Å². The fraction of sp³-hybridized carbons (Fsp3) is 0.583. The van der Waals surface area contributed by atoms with Gasteiger partial charge in [0, 0.05) is 11.8 Å². The van der Waals surface area contributed by atoms with Gasteiger partial charge in [0.25, 0.3) is 0 Å². The molecule has 0 unspecified atom stereocenters. The molecule has 0 N–H and O–H groups in total. The molecule has 0 amide bonds. The first-order valence-electron chi connectivity index (χ1n) is 5.90. The second-order valence-corrected chi connectivity index (χ2v) is 4.93. The van der Waals surface area contributed by atoms with E-state index >= 15 is 0 Å². The summed E-state index contributed by atoms with van der Waals surface area (Å²) in [4.78, 5) is 14.5. The third-order valence-corrected chi connectivity index (χ3v) is 3.80. The van der Waals surface area contributed by atoms with Gasteiger partial charge < -0.3 is 0 Å². The van der Waals surface area contributed by atoms with Crippen LogP contribution in [0, 0.1) is 17.0 Å². The third kappa shape index (κ3) is 2.41. The van der Waals surface area contributed by atoms with Crippen molar-refractivity contribution < 1.29 is 4.92 Å². The van der Waals surface area contributed by atoms with E-state index in [1.165, 1.54) is 19.3 Å². The van der Waals surface area contributed by atoms with Gasteiger partial charge in [-0.2, -0.15) is 0 Å². The molecule has 0 atom stereocenters. The minimum absolute atomic E-state index is 0.00735. The summed E-state index contributed by atoms with van der Waals surface area (Å²) in [7, 11) is 0. The van der Waals surface area contributed by atoms with Crippen molar-refractivity contribution in [3.8, 4) is 0 Å². The van der Waals surface area contributed by atoms with Gasteiger partial charge in [-0.3, -0.25) is 10.1 Å². The van der Waals surface area contributed by atoms with Gasteiger partial charge in [-0.25, -0.2) is 4.98 Å². The zero-order chi connectivity index (χ0) is 12.4. The number of aromatic nitrogens is 1. The number of hydrogen-bond donors (Lipinski definition) is 0. The maximum Gasteiger partial charge on any atom is 0.309 e. The Bertz CT molecular complexity index is 442. The molecular weight excluding hydrogens is 240 g/mol. The number of pyridine rings is 1. The number of rotatable bonds is 2. The van der Waals surface area contributed by atoms with E-state index in [9.17, 15) is 10.1 Å². The molecule has 92 valence electrons. The number of nitro groups is 1. The molecule has 0 aromatic carbocycles. The summed E-state index contributed by atoms with van der Waals surface area (Å²) in [5, 5.41) is 11.0. The van der Waals surface area contributed by atoms with Gasteiger partial charge in [0.05, 0.1) is 4.92 Å². The van der Waals surface area contributed by atoms with Crippen LogP contribution in [0.15, 0.2) is 6.20 Å². The highest BCUT2D eigenvalue weighted by molar-refractivity contribution is 6.31. The second-order valence-electron chi connectivity index (χ2n) is 4.57. The van der Waals surface area contributed by atoms with E-state index in [4.69, 9.17) is 11.6 Å². The average molecular weight is 255 g/mol. The number of nitrogens with zero attached hydrogens (tertiary/aromatic N) is 2. The molecule has 1 fully saturated rings. The molecule has 1 saturated carbocycles. The molecule has 0 radical (unpaired) electrons. The summed E-state index contributed by atoms with van der Waals surface area (Å²) in [5.41, 5.74) is 1.65. The quantitative estimate of drug-likeness (QED) is 0.455. The van der Waals surface area contributed by atoms with Gasteiger partial charge in [0.1, 0.15) is 0 Å². The fourth-order valence-electron chi connectivity index (χ4n) is 2.61. The zero-order valence-corrected chi connectivity index (χ0v) is 10.5. The molecule has 0 aliphatic heterocycles. The number of hydrogen-bond acceptors (Lipinski definition) is 3. The topological polar surface area (TPSA) is 56.0 Å². The van der Waals surface area contributed by atoms with Gasteiger partial charge >= 0.3 is 5.69 Å². The van der Waals surface area contributed by atoms with Crippen LogP contribution in [0.4, 0.5) is 5.69 Å². The Labute approximate surface area is 105 Å². The minimum Gasteiger partial charge on any atom is -0.258 e. The largest absolute Gasteiger partial charge is 0.309 e. The van der Waals surface area contributed by atoms with Crippen LogP contribution < -0.4 is 0 Å². The van der Waals surface area contributed by atoms with Crippen LogP contribution in [0.3, 0.4) is 0 Å². The first-order chi connectivity index (χ1) is 8.11. The van der Waals surface area contributed by atoms with Crippen LogP contribution in [0.5, 0.6) is 0 Å². The first kappa shape index (κ1) is 12.3. The van der Waals surface area contributed by atoms with Gasteiger partial charge in [-0.15, -0.1) is 0 Å². The van der Waals surface area contributed by atoms with E-state index < -0.39 is 4.92 Å². The summed E-state index contributed by atoms with van der Waals surface area (Å²) >= 11 is 5.78. The highest BCUT2D eigenvalue weighted by Crippen LogP contribution is 2.38. The van der Waals surface area contributed by atoms with Crippen molar-refractivity contribution >= 4 is 17.3 Å². The molecule has 0 saturated heterocycles. The first-order valence-corrected chi connectivity index (χ1v) is 6.28. The van der Waals surface area contributed by atoms with Crippen molar-refractivity contribution in [2.75, 3.05) is 0 Å². The molecule has 1 aliphatic carbocycles. The molecule has 5 heteroatoms. The van der Waals surface area contributed by atoms with Crippen LogP contribution >= 0.6 is 11.6 Å². The lowest BCUT2D eigenvalue weighted by molar-refractivity contribution is -0.385. The van der Waals surface area contributed by atoms with E-state index in [1.54, 1.807) is 13.1 Å². The summed E-state index contributed by atoms with van der Waals surface area (Å²) in [6, 6.07) is 0. The molecule has 1 aromatic heterocycles. The van der Waals surface area contributed by atoms with Crippen molar-refractivity contribution in [1.82, 2.24) is 4.98 Å². The third-order valence-electron chi connectivity index (χ3n) is 3.53. The monoisotopic (exact) mass is 254 g/mol. The maximum atomic E-state index is 11.0. The van der Waals surface area contributed by atoms with Gasteiger partial charge in [-0.1, -0.05) is 30.9 Å². The van der Waals surface area contributed by atoms with Gasteiger partial charge in [0.15, 0.2) is 0 Å². The van der Waals surface area contributed by atoms with Crippen LogP contribution in [-0.4, -0.2) is 9.91 Å². The smallest absolute Gasteiger partial charge is 0.258 e. The predicted octanol–water partition coefficient (Wildman–Crippen LogP) is 4.00. The van der Waals surface area contributed by atoms with Crippen LogP contribution in [0.2, 0.25) is 5.15 Å². The summed E-state index contributed by atoms with van der Waals surface area (Å²) < 4.78 is 0. The van der Waals surface area contributed by atoms with Crippen molar-refractivity contribution in [3.63, 3.8) is 0 Å². The SMILES string of the molecule is Cc1c(C2CCCCC2)cnc(Cl)c1[N+](=O)[O-]. The lowest BCUT2D eigenvalue weighted by atomic mass is 9.83. The van der Waals surface area contributed by atoms with Crippen molar-refractivity contribution in [1.29, 1.82) is 0 Å². The van der Waals surface area contributed by atoms with E-state index in [0.29, 0.717) is 11.5 Å². The molecule has 17 heavy (non-hydrogen) atoms. The molecular formula is C12H15ClN2O2. The second kappa shape index (κ2) is 5.00. The average Bonchev–Trinajstić information content (AvgIpc) is 2.30. The standard InChI is InChI=1S/C12H15ClN2O2/c1-8-10(9-5-3-2-4-6-9)7-14-12(13)11(8)15(16)17/h7,9H,2-6H2,1H3.